The van der Waals surface area contributed by atoms with E-state index in [0.717, 1.165) is 17.7 Å². The minimum Gasteiger partial charge on any atom is -0.465 e. The summed E-state index contributed by atoms with van der Waals surface area (Å²) >= 11 is 1.38. The highest BCUT2D eigenvalue weighted by molar-refractivity contribution is 8.00. The van der Waals surface area contributed by atoms with Crippen LogP contribution in [-0.4, -0.2) is 30.8 Å². The van der Waals surface area contributed by atoms with Gasteiger partial charge in [0, 0.05) is 10.9 Å². The highest BCUT2D eigenvalue weighted by Crippen LogP contribution is 2.23. The molecule has 0 spiro atoms. The molecule has 0 aliphatic heterocycles. The van der Waals surface area contributed by atoms with Gasteiger partial charge in [0.2, 0.25) is 5.91 Å². The quantitative estimate of drug-likeness (QED) is 0.657. The number of carbonyl (C=O) groups excluding carboxylic acids is 2. The van der Waals surface area contributed by atoms with Gasteiger partial charge in [0.25, 0.3) is 0 Å². The lowest BCUT2D eigenvalue weighted by molar-refractivity contribution is -0.119. The largest absolute Gasteiger partial charge is 0.465 e. The molecule has 1 aliphatic carbocycles. The van der Waals surface area contributed by atoms with Crippen LogP contribution in [0.15, 0.2) is 29.2 Å². The molecule has 1 aromatic rings. The van der Waals surface area contributed by atoms with Gasteiger partial charge in [-0.15, -0.1) is 11.8 Å². The van der Waals surface area contributed by atoms with Crippen LogP contribution in [0.5, 0.6) is 0 Å². The van der Waals surface area contributed by atoms with Gasteiger partial charge in [-0.25, -0.2) is 4.79 Å². The topological polar surface area (TPSA) is 55.4 Å². The summed E-state index contributed by atoms with van der Waals surface area (Å²) in [6.07, 6.45) is 8.42. The number of benzene rings is 1. The fourth-order valence-corrected chi connectivity index (χ4v) is 3.74. The van der Waals surface area contributed by atoms with E-state index in [1.165, 1.54) is 51.0 Å². The van der Waals surface area contributed by atoms with Crippen molar-refractivity contribution in [1.82, 2.24) is 5.32 Å². The summed E-state index contributed by atoms with van der Waals surface area (Å²) in [5, 5.41) is 3.14. The highest BCUT2D eigenvalue weighted by atomic mass is 32.2. The summed E-state index contributed by atoms with van der Waals surface area (Å²) in [6, 6.07) is 7.53. The van der Waals surface area contributed by atoms with Crippen LogP contribution in [0.25, 0.3) is 0 Å². The van der Waals surface area contributed by atoms with Crippen LogP contribution in [-0.2, 0) is 9.53 Å². The molecular weight excluding hydrogens is 310 g/mol. The minimum atomic E-state index is -0.367. The first-order valence-electron chi connectivity index (χ1n) is 8.30. The second-order valence-electron chi connectivity index (χ2n) is 5.89. The molecule has 1 aliphatic rings. The predicted octanol–water partition coefficient (Wildman–Crippen LogP) is 3.79. The molecular formula is C18H25NO3S. The van der Waals surface area contributed by atoms with Gasteiger partial charge >= 0.3 is 5.97 Å². The van der Waals surface area contributed by atoms with Crippen molar-refractivity contribution in [3.05, 3.63) is 29.8 Å². The Bertz CT molecular complexity index is 525. The lowest BCUT2D eigenvalue weighted by atomic mass is 9.97. The van der Waals surface area contributed by atoms with E-state index in [1.807, 2.05) is 12.1 Å². The maximum Gasteiger partial charge on any atom is 0.338 e. The molecule has 0 saturated heterocycles. The molecule has 1 N–H and O–H groups in total. The Balaban J connectivity index is 1.85. The Kier molecular flexibility index (Phi) is 7.46. The zero-order valence-corrected chi connectivity index (χ0v) is 14.5. The molecule has 23 heavy (non-hydrogen) atoms. The summed E-state index contributed by atoms with van der Waals surface area (Å²) in [5.41, 5.74) is 0.513. The molecule has 1 fully saturated rings. The normalized spacial score (nSPS) is 16.2. The van der Waals surface area contributed by atoms with Crippen molar-refractivity contribution < 1.29 is 14.3 Å². The number of nitrogens with one attached hydrogen (secondary N) is 1. The second-order valence-corrected chi connectivity index (χ2v) is 6.90. The van der Waals surface area contributed by atoms with Gasteiger partial charge in [-0.05, 0) is 25.0 Å². The third-order valence-corrected chi connectivity index (χ3v) is 5.19. The van der Waals surface area contributed by atoms with Crippen molar-refractivity contribution in [3.63, 3.8) is 0 Å². The summed E-state index contributed by atoms with van der Waals surface area (Å²) in [6.45, 7) is 0. The van der Waals surface area contributed by atoms with E-state index in [0.29, 0.717) is 17.4 Å². The van der Waals surface area contributed by atoms with Crippen LogP contribution in [0, 0.1) is 0 Å². The number of esters is 1. The van der Waals surface area contributed by atoms with E-state index < -0.39 is 0 Å². The van der Waals surface area contributed by atoms with E-state index >= 15 is 0 Å². The SMILES string of the molecule is COC(=O)c1ccccc1SCC(=O)NC1CCCCCCC1. The molecule has 1 saturated carbocycles. The molecule has 0 unspecified atom stereocenters. The van der Waals surface area contributed by atoms with Gasteiger partial charge in [-0.1, -0.05) is 44.2 Å². The van der Waals surface area contributed by atoms with Crippen molar-refractivity contribution in [3.8, 4) is 0 Å². The van der Waals surface area contributed by atoms with Gasteiger partial charge in [-0.2, -0.15) is 0 Å². The van der Waals surface area contributed by atoms with Crippen LogP contribution in [0.2, 0.25) is 0 Å². The summed E-state index contributed by atoms with van der Waals surface area (Å²) in [5.74, 6) is -0.00130. The minimum absolute atomic E-state index is 0.0419. The fraction of sp³-hybridized carbons (Fsp3) is 0.556. The molecule has 2 rings (SSSR count). The standard InChI is InChI=1S/C18H25NO3S/c1-22-18(21)15-11-7-8-12-16(15)23-13-17(20)19-14-9-5-3-2-4-6-10-14/h7-8,11-12,14H,2-6,9-10,13H2,1H3,(H,19,20). The third-order valence-electron chi connectivity index (χ3n) is 4.12. The molecule has 0 atom stereocenters. The number of ether oxygens (including phenoxy) is 1. The smallest absolute Gasteiger partial charge is 0.338 e. The van der Waals surface area contributed by atoms with Crippen molar-refractivity contribution in [2.24, 2.45) is 0 Å². The third kappa shape index (κ3) is 5.90. The van der Waals surface area contributed by atoms with E-state index in [4.69, 9.17) is 4.74 Å². The molecule has 1 aromatic carbocycles. The molecule has 0 aromatic heterocycles. The van der Waals surface area contributed by atoms with E-state index in [-0.39, 0.29) is 11.9 Å². The summed E-state index contributed by atoms with van der Waals surface area (Å²) in [4.78, 5) is 24.7. The van der Waals surface area contributed by atoms with Crippen LogP contribution in [0.3, 0.4) is 0 Å². The number of thioether (sulfide) groups is 1. The van der Waals surface area contributed by atoms with E-state index in [9.17, 15) is 9.59 Å². The average Bonchev–Trinajstić information content (AvgIpc) is 2.55. The first-order valence-corrected chi connectivity index (χ1v) is 9.29. The van der Waals surface area contributed by atoms with Gasteiger partial charge in [0.15, 0.2) is 0 Å². The molecule has 126 valence electrons. The lowest BCUT2D eigenvalue weighted by Crippen LogP contribution is -2.36. The van der Waals surface area contributed by atoms with E-state index in [1.54, 1.807) is 12.1 Å². The Labute approximate surface area is 142 Å². The number of methoxy groups -OCH3 is 1. The lowest BCUT2D eigenvalue weighted by Gasteiger charge is -2.21. The fourth-order valence-electron chi connectivity index (χ4n) is 2.88. The van der Waals surface area contributed by atoms with Crippen molar-refractivity contribution >= 4 is 23.6 Å². The molecule has 0 radical (unpaired) electrons. The summed E-state index contributed by atoms with van der Waals surface area (Å²) in [7, 11) is 1.37. The Morgan fingerprint density at radius 3 is 2.48 bits per heavy atom. The zero-order chi connectivity index (χ0) is 16.5. The maximum atomic E-state index is 12.2. The van der Waals surface area contributed by atoms with Gasteiger partial charge in [-0.3, -0.25) is 4.79 Å². The van der Waals surface area contributed by atoms with Crippen molar-refractivity contribution in [1.29, 1.82) is 0 Å². The average molecular weight is 335 g/mol. The van der Waals surface area contributed by atoms with E-state index in [2.05, 4.69) is 5.32 Å². The number of carbonyl (C=O) groups is 2. The van der Waals surface area contributed by atoms with Crippen molar-refractivity contribution in [2.45, 2.75) is 55.9 Å². The summed E-state index contributed by atoms with van der Waals surface area (Å²) < 4.78 is 4.78. The molecule has 4 nitrogen and oxygen atoms in total. The second kappa shape index (κ2) is 9.60. The van der Waals surface area contributed by atoms with Gasteiger partial charge < -0.3 is 10.1 Å². The molecule has 0 bridgehead atoms. The number of hydrogen-bond donors (Lipinski definition) is 1. The highest BCUT2D eigenvalue weighted by Gasteiger charge is 2.16. The first-order chi connectivity index (χ1) is 11.2. The molecule has 5 heteroatoms. The number of amides is 1. The Hall–Kier alpha value is -1.49. The molecule has 1 amide bonds. The molecule has 0 heterocycles. The number of hydrogen-bond acceptors (Lipinski definition) is 4. The van der Waals surface area contributed by atoms with Gasteiger partial charge in [0.05, 0.1) is 18.4 Å². The Morgan fingerprint density at radius 2 is 1.78 bits per heavy atom. The zero-order valence-electron chi connectivity index (χ0n) is 13.7. The monoisotopic (exact) mass is 335 g/mol. The number of rotatable bonds is 5. The van der Waals surface area contributed by atoms with Crippen LogP contribution in [0.1, 0.15) is 55.3 Å². The first kappa shape index (κ1) is 17.9. The Morgan fingerprint density at radius 1 is 1.13 bits per heavy atom. The van der Waals surface area contributed by atoms with Gasteiger partial charge in [0.1, 0.15) is 0 Å². The van der Waals surface area contributed by atoms with Crippen molar-refractivity contribution in [2.75, 3.05) is 12.9 Å². The van der Waals surface area contributed by atoms with Crippen LogP contribution < -0.4 is 5.32 Å². The predicted molar refractivity (Wildman–Crippen MR) is 92.8 cm³/mol. The van der Waals surface area contributed by atoms with Crippen LogP contribution in [0.4, 0.5) is 0 Å². The van der Waals surface area contributed by atoms with Crippen LogP contribution >= 0.6 is 11.8 Å². The maximum absolute atomic E-state index is 12.2.